The van der Waals surface area contributed by atoms with Crippen LogP contribution in [0, 0.1) is 0 Å². The van der Waals surface area contributed by atoms with Gasteiger partial charge < -0.3 is 10.4 Å². The monoisotopic (exact) mass is 131 g/mol. The molecule has 0 saturated carbocycles. The van der Waals surface area contributed by atoms with Gasteiger partial charge in [-0.15, -0.1) is 0 Å². The van der Waals surface area contributed by atoms with E-state index < -0.39 is 0 Å². The highest BCUT2D eigenvalue weighted by Crippen LogP contribution is 2.09. The Morgan fingerprint density at radius 2 is 2.11 bits per heavy atom. The maximum absolute atomic E-state index is 8.85. The average Bonchev–Trinajstić information content (AvgIpc) is 1.89. The maximum atomic E-state index is 8.85. The first-order valence-corrected chi connectivity index (χ1v) is 3.48. The van der Waals surface area contributed by atoms with Crippen molar-refractivity contribution in [3.05, 3.63) is 0 Å². The molecule has 2 heteroatoms. The summed E-state index contributed by atoms with van der Waals surface area (Å²) in [5.41, 5.74) is -0.0608. The van der Waals surface area contributed by atoms with Crippen LogP contribution >= 0.6 is 0 Å². The molecule has 0 fully saturated rings. The Morgan fingerprint density at radius 1 is 1.56 bits per heavy atom. The van der Waals surface area contributed by atoms with E-state index in [9.17, 15) is 0 Å². The van der Waals surface area contributed by atoms with Gasteiger partial charge in [0.25, 0.3) is 0 Å². The van der Waals surface area contributed by atoms with Crippen molar-refractivity contribution in [2.75, 3.05) is 13.7 Å². The molecule has 0 aromatic heterocycles. The van der Waals surface area contributed by atoms with Crippen LogP contribution in [0.2, 0.25) is 0 Å². The molecular formula is C7H17NO. The highest BCUT2D eigenvalue weighted by atomic mass is 16.3. The van der Waals surface area contributed by atoms with E-state index in [4.69, 9.17) is 5.11 Å². The van der Waals surface area contributed by atoms with E-state index in [1.54, 1.807) is 0 Å². The van der Waals surface area contributed by atoms with E-state index in [0.717, 1.165) is 12.8 Å². The second-order valence-electron chi connectivity index (χ2n) is 2.72. The van der Waals surface area contributed by atoms with Gasteiger partial charge in [-0.2, -0.15) is 0 Å². The van der Waals surface area contributed by atoms with Crippen LogP contribution in [0.1, 0.15) is 26.7 Å². The lowest BCUT2D eigenvalue weighted by Crippen LogP contribution is -2.43. The van der Waals surface area contributed by atoms with E-state index in [1.807, 2.05) is 14.0 Å². The van der Waals surface area contributed by atoms with Gasteiger partial charge in [0.05, 0.1) is 6.61 Å². The average molecular weight is 131 g/mol. The molecule has 0 amide bonds. The number of likely N-dealkylation sites (N-methyl/N-ethyl adjacent to an activating group) is 1. The zero-order chi connectivity index (χ0) is 7.33. The van der Waals surface area contributed by atoms with Gasteiger partial charge in [-0.3, -0.25) is 0 Å². The van der Waals surface area contributed by atoms with Crippen molar-refractivity contribution in [3.8, 4) is 0 Å². The van der Waals surface area contributed by atoms with Crippen LogP contribution < -0.4 is 5.32 Å². The molecule has 0 aliphatic rings. The molecule has 0 aliphatic carbocycles. The summed E-state index contributed by atoms with van der Waals surface area (Å²) < 4.78 is 0. The molecule has 0 bridgehead atoms. The zero-order valence-corrected chi connectivity index (χ0v) is 6.57. The first-order chi connectivity index (χ1) is 4.18. The number of aliphatic hydroxyl groups excluding tert-OH is 1. The Kier molecular flexibility index (Phi) is 3.82. The van der Waals surface area contributed by atoms with Crippen LogP contribution in [0.15, 0.2) is 0 Å². The van der Waals surface area contributed by atoms with Crippen molar-refractivity contribution in [1.82, 2.24) is 5.32 Å². The Balaban J connectivity index is 3.62. The minimum Gasteiger partial charge on any atom is -0.394 e. The third kappa shape index (κ3) is 2.82. The molecule has 0 saturated heterocycles. The topological polar surface area (TPSA) is 32.3 Å². The Morgan fingerprint density at radius 3 is 2.22 bits per heavy atom. The van der Waals surface area contributed by atoms with Crippen LogP contribution in [0.4, 0.5) is 0 Å². The third-order valence-corrected chi connectivity index (χ3v) is 1.75. The summed E-state index contributed by atoms with van der Waals surface area (Å²) in [6.45, 7) is 4.36. The van der Waals surface area contributed by atoms with Crippen molar-refractivity contribution in [2.45, 2.75) is 32.2 Å². The highest BCUT2D eigenvalue weighted by molar-refractivity contribution is 4.79. The van der Waals surface area contributed by atoms with Gasteiger partial charge in [-0.25, -0.2) is 0 Å². The van der Waals surface area contributed by atoms with Crippen molar-refractivity contribution in [3.63, 3.8) is 0 Å². The van der Waals surface area contributed by atoms with E-state index >= 15 is 0 Å². The summed E-state index contributed by atoms with van der Waals surface area (Å²) in [4.78, 5) is 0. The maximum Gasteiger partial charge on any atom is 0.0610 e. The van der Waals surface area contributed by atoms with Crippen molar-refractivity contribution >= 4 is 0 Å². The van der Waals surface area contributed by atoms with Crippen molar-refractivity contribution < 1.29 is 5.11 Å². The minimum atomic E-state index is -0.0608. The summed E-state index contributed by atoms with van der Waals surface area (Å²) in [7, 11) is 1.88. The molecule has 2 nitrogen and oxygen atoms in total. The Labute approximate surface area is 57.3 Å². The summed E-state index contributed by atoms with van der Waals surface area (Å²) in [5, 5.41) is 11.9. The second-order valence-corrected chi connectivity index (χ2v) is 2.72. The summed E-state index contributed by atoms with van der Waals surface area (Å²) in [6, 6.07) is 0. The predicted octanol–water partition coefficient (Wildman–Crippen LogP) is 0.757. The zero-order valence-electron chi connectivity index (χ0n) is 6.57. The van der Waals surface area contributed by atoms with Gasteiger partial charge in [-0.05, 0) is 20.4 Å². The first kappa shape index (κ1) is 8.92. The van der Waals surface area contributed by atoms with Crippen LogP contribution in [0.5, 0.6) is 0 Å². The Bertz CT molecular complexity index is 69.3. The molecule has 0 radical (unpaired) electrons. The summed E-state index contributed by atoms with van der Waals surface area (Å²) in [6.07, 6.45) is 2.14. The number of aliphatic hydroxyl groups is 1. The molecule has 1 atom stereocenters. The quantitative estimate of drug-likeness (QED) is 0.590. The van der Waals surface area contributed by atoms with Crippen LogP contribution in [0.3, 0.4) is 0 Å². The largest absolute Gasteiger partial charge is 0.394 e. The van der Waals surface area contributed by atoms with Gasteiger partial charge in [0.2, 0.25) is 0 Å². The van der Waals surface area contributed by atoms with E-state index in [2.05, 4.69) is 12.2 Å². The number of rotatable bonds is 4. The predicted molar refractivity (Wildman–Crippen MR) is 39.5 cm³/mol. The molecule has 0 aromatic carbocycles. The second kappa shape index (κ2) is 3.85. The van der Waals surface area contributed by atoms with Crippen LogP contribution in [0.25, 0.3) is 0 Å². The molecule has 9 heavy (non-hydrogen) atoms. The molecule has 0 spiro atoms. The van der Waals surface area contributed by atoms with E-state index in [-0.39, 0.29) is 12.1 Å². The molecule has 0 unspecified atom stereocenters. The fourth-order valence-electron chi connectivity index (χ4n) is 0.835. The van der Waals surface area contributed by atoms with Gasteiger partial charge in [0, 0.05) is 5.54 Å². The van der Waals surface area contributed by atoms with E-state index in [1.165, 1.54) is 0 Å². The van der Waals surface area contributed by atoms with Gasteiger partial charge >= 0.3 is 0 Å². The van der Waals surface area contributed by atoms with Gasteiger partial charge in [0.15, 0.2) is 0 Å². The first-order valence-electron chi connectivity index (χ1n) is 3.48. The lowest BCUT2D eigenvalue weighted by Gasteiger charge is -2.25. The lowest BCUT2D eigenvalue weighted by molar-refractivity contribution is 0.173. The molecule has 2 N–H and O–H groups in total. The molecule has 0 aliphatic heterocycles. The highest BCUT2D eigenvalue weighted by Gasteiger charge is 2.18. The standard InChI is InChI=1S/C7H17NO/c1-4-5-7(2,6-9)8-3/h8-9H,4-6H2,1-3H3/t7-/m0/s1. The molecule has 0 aromatic rings. The van der Waals surface area contributed by atoms with E-state index in [0.29, 0.717) is 0 Å². The minimum absolute atomic E-state index is 0.0608. The fourth-order valence-corrected chi connectivity index (χ4v) is 0.835. The Hall–Kier alpha value is -0.0800. The third-order valence-electron chi connectivity index (χ3n) is 1.75. The van der Waals surface area contributed by atoms with Crippen LogP contribution in [-0.2, 0) is 0 Å². The van der Waals surface area contributed by atoms with Crippen molar-refractivity contribution in [2.24, 2.45) is 0 Å². The fraction of sp³-hybridized carbons (Fsp3) is 1.00. The van der Waals surface area contributed by atoms with Crippen LogP contribution in [-0.4, -0.2) is 24.3 Å². The molecule has 0 heterocycles. The van der Waals surface area contributed by atoms with Gasteiger partial charge in [-0.1, -0.05) is 13.3 Å². The number of nitrogens with one attached hydrogen (secondary N) is 1. The van der Waals surface area contributed by atoms with Gasteiger partial charge in [0.1, 0.15) is 0 Å². The SMILES string of the molecule is CCC[C@@](C)(CO)NC. The molecular weight excluding hydrogens is 114 g/mol. The summed E-state index contributed by atoms with van der Waals surface area (Å²) >= 11 is 0. The molecule has 0 rings (SSSR count). The lowest BCUT2D eigenvalue weighted by atomic mass is 9.98. The van der Waals surface area contributed by atoms with Crippen molar-refractivity contribution in [1.29, 1.82) is 0 Å². The summed E-state index contributed by atoms with van der Waals surface area (Å²) in [5.74, 6) is 0. The number of hydrogen-bond acceptors (Lipinski definition) is 2. The smallest absolute Gasteiger partial charge is 0.0610 e. The normalized spacial score (nSPS) is 17.3. The molecule has 56 valence electrons. The number of hydrogen-bond donors (Lipinski definition) is 2.